The van der Waals surface area contributed by atoms with Crippen LogP contribution in [0.1, 0.15) is 33.7 Å². The summed E-state index contributed by atoms with van der Waals surface area (Å²) in [6.07, 6.45) is 1.58. The smallest absolute Gasteiger partial charge is 0.252 e. The highest BCUT2D eigenvalue weighted by Gasteiger charge is 2.11. The van der Waals surface area contributed by atoms with E-state index in [-0.39, 0.29) is 19.1 Å². The number of nitrogens with zero attached hydrogens (tertiary/aromatic N) is 2. The van der Waals surface area contributed by atoms with Gasteiger partial charge in [0.25, 0.3) is 5.91 Å². The lowest BCUT2D eigenvalue weighted by Gasteiger charge is -2.06. The third-order valence-corrected chi connectivity index (χ3v) is 2.69. The normalized spacial score (nSPS) is 9.81. The number of nitrogens with one attached hydrogen (secondary N) is 1. The summed E-state index contributed by atoms with van der Waals surface area (Å²) in [6.45, 7) is 2.11. The third kappa shape index (κ3) is 4.16. The molecule has 6 heteroatoms. The molecule has 1 aromatic heterocycles. The zero-order chi connectivity index (χ0) is 15.1. The first-order chi connectivity index (χ1) is 10.2. The van der Waals surface area contributed by atoms with Crippen molar-refractivity contribution in [1.82, 2.24) is 15.5 Å². The molecular formula is C15H15N3O3. The number of aliphatic hydroxyl groups is 1. The zero-order valence-corrected chi connectivity index (χ0v) is 11.6. The Morgan fingerprint density at radius 2 is 2.33 bits per heavy atom. The largest absolute Gasteiger partial charge is 0.395 e. The Balaban J connectivity index is 2.14. The van der Waals surface area contributed by atoms with Crippen molar-refractivity contribution >= 4 is 5.91 Å². The van der Waals surface area contributed by atoms with Crippen LogP contribution in [0.25, 0.3) is 0 Å². The fourth-order valence-electron chi connectivity index (χ4n) is 1.70. The lowest BCUT2D eigenvalue weighted by molar-refractivity contribution is 0.0949. The van der Waals surface area contributed by atoms with Crippen LogP contribution in [-0.2, 0) is 6.54 Å². The maximum atomic E-state index is 12.2. The fraction of sp³-hybridized carbons (Fsp3) is 0.267. The Kier molecular flexibility index (Phi) is 5.07. The first-order valence-electron chi connectivity index (χ1n) is 6.44. The molecule has 2 N–H and O–H groups in total. The molecule has 0 aliphatic rings. The second kappa shape index (κ2) is 7.22. The van der Waals surface area contributed by atoms with Crippen LogP contribution in [0.15, 0.2) is 29.1 Å². The van der Waals surface area contributed by atoms with E-state index < -0.39 is 0 Å². The Bertz CT molecular complexity index is 669. The van der Waals surface area contributed by atoms with Crippen molar-refractivity contribution in [3.63, 3.8) is 0 Å². The monoisotopic (exact) mass is 285 g/mol. The summed E-state index contributed by atoms with van der Waals surface area (Å²) < 4.78 is 4.60. The molecule has 0 spiro atoms. The van der Waals surface area contributed by atoms with E-state index >= 15 is 0 Å². The van der Waals surface area contributed by atoms with Crippen molar-refractivity contribution in [2.24, 2.45) is 0 Å². The van der Waals surface area contributed by atoms with Crippen LogP contribution in [-0.4, -0.2) is 27.8 Å². The molecule has 0 unspecified atom stereocenters. The van der Waals surface area contributed by atoms with E-state index in [1.165, 1.54) is 6.39 Å². The Morgan fingerprint density at radius 3 is 3.05 bits per heavy atom. The number of benzene rings is 1. The van der Waals surface area contributed by atoms with Gasteiger partial charge in [0.15, 0.2) is 5.82 Å². The number of aliphatic hydroxyl groups excluding tert-OH is 1. The van der Waals surface area contributed by atoms with Gasteiger partial charge < -0.3 is 14.9 Å². The molecule has 0 aliphatic heterocycles. The van der Waals surface area contributed by atoms with Crippen LogP contribution in [0.5, 0.6) is 0 Å². The first kappa shape index (κ1) is 14.8. The molecule has 0 radical (unpaired) electrons. The minimum Gasteiger partial charge on any atom is -0.395 e. The number of amides is 1. The van der Waals surface area contributed by atoms with Crippen molar-refractivity contribution in [3.8, 4) is 11.8 Å². The minimum atomic E-state index is -0.256. The molecule has 0 saturated carbocycles. The molecule has 1 heterocycles. The summed E-state index contributed by atoms with van der Waals surface area (Å²) in [6, 6.07) is 5.41. The summed E-state index contributed by atoms with van der Waals surface area (Å²) in [7, 11) is 0. The topological polar surface area (TPSA) is 88.3 Å². The molecule has 0 atom stereocenters. The van der Waals surface area contributed by atoms with Crippen LogP contribution >= 0.6 is 0 Å². The van der Waals surface area contributed by atoms with Crippen LogP contribution in [0.2, 0.25) is 0 Å². The Labute approximate surface area is 122 Å². The highest BCUT2D eigenvalue weighted by atomic mass is 16.5. The molecule has 108 valence electrons. The van der Waals surface area contributed by atoms with Gasteiger partial charge in [-0.1, -0.05) is 23.1 Å². The van der Waals surface area contributed by atoms with E-state index in [2.05, 4.69) is 31.8 Å². The van der Waals surface area contributed by atoms with Crippen LogP contribution < -0.4 is 5.32 Å². The van der Waals surface area contributed by atoms with E-state index in [1.807, 2.05) is 19.1 Å². The van der Waals surface area contributed by atoms with Gasteiger partial charge in [-0.25, -0.2) is 0 Å². The second-order valence-electron chi connectivity index (χ2n) is 4.35. The lowest BCUT2D eigenvalue weighted by atomic mass is 10.0. The molecule has 0 saturated heterocycles. The van der Waals surface area contributed by atoms with Crippen LogP contribution in [0.3, 0.4) is 0 Å². The summed E-state index contributed by atoms with van der Waals surface area (Å²) in [5.74, 6) is 5.88. The van der Waals surface area contributed by atoms with E-state index in [4.69, 9.17) is 5.11 Å². The van der Waals surface area contributed by atoms with Gasteiger partial charge in [-0.05, 0) is 24.6 Å². The van der Waals surface area contributed by atoms with Gasteiger partial charge in [-0.15, -0.1) is 0 Å². The van der Waals surface area contributed by atoms with Crippen LogP contribution in [0, 0.1) is 18.8 Å². The Morgan fingerprint density at radius 1 is 1.48 bits per heavy atom. The summed E-state index contributed by atoms with van der Waals surface area (Å²) in [5.41, 5.74) is 2.13. The van der Waals surface area contributed by atoms with Gasteiger partial charge in [0, 0.05) is 12.0 Å². The van der Waals surface area contributed by atoms with E-state index in [0.717, 1.165) is 5.56 Å². The lowest BCUT2D eigenvalue weighted by Crippen LogP contribution is -2.24. The first-order valence-corrected chi connectivity index (χ1v) is 6.44. The third-order valence-electron chi connectivity index (χ3n) is 2.69. The average molecular weight is 285 g/mol. The summed E-state index contributed by atoms with van der Waals surface area (Å²) >= 11 is 0. The molecule has 1 aromatic carbocycles. The molecule has 0 fully saturated rings. The standard InChI is InChI=1S/C15H15N3O3/c1-11-5-6-13(12(8-11)4-2-3-7-19)15(20)16-9-14-17-10-21-18-14/h5-6,8,10,19H,3,7,9H2,1H3,(H,16,20). The van der Waals surface area contributed by atoms with E-state index in [9.17, 15) is 4.79 Å². The highest BCUT2D eigenvalue weighted by Crippen LogP contribution is 2.11. The zero-order valence-electron chi connectivity index (χ0n) is 11.6. The highest BCUT2D eigenvalue weighted by molar-refractivity contribution is 5.96. The van der Waals surface area contributed by atoms with Crippen molar-refractivity contribution in [3.05, 3.63) is 47.1 Å². The van der Waals surface area contributed by atoms with Gasteiger partial charge in [0.2, 0.25) is 6.39 Å². The number of hydrogen-bond donors (Lipinski definition) is 2. The van der Waals surface area contributed by atoms with Crippen LogP contribution in [0.4, 0.5) is 0 Å². The molecule has 2 aromatic rings. The van der Waals surface area contributed by atoms with E-state index in [1.54, 1.807) is 6.07 Å². The Hall–Kier alpha value is -2.65. The average Bonchev–Trinajstić information content (AvgIpc) is 2.98. The van der Waals surface area contributed by atoms with Gasteiger partial charge in [0.1, 0.15) is 0 Å². The summed E-state index contributed by atoms with van der Waals surface area (Å²) in [4.78, 5) is 16.0. The number of hydrogen-bond acceptors (Lipinski definition) is 5. The van der Waals surface area contributed by atoms with Gasteiger partial charge in [-0.2, -0.15) is 4.98 Å². The van der Waals surface area contributed by atoms with Crippen molar-refractivity contribution in [2.45, 2.75) is 19.9 Å². The molecule has 0 aliphatic carbocycles. The van der Waals surface area contributed by atoms with Gasteiger partial charge >= 0.3 is 0 Å². The molecule has 2 rings (SSSR count). The quantitative estimate of drug-likeness (QED) is 0.819. The molecule has 21 heavy (non-hydrogen) atoms. The maximum Gasteiger partial charge on any atom is 0.252 e. The van der Waals surface area contributed by atoms with Crippen molar-refractivity contribution in [1.29, 1.82) is 0 Å². The minimum absolute atomic E-state index is 0.00181. The molecule has 6 nitrogen and oxygen atoms in total. The number of carbonyl (C=O) groups is 1. The SMILES string of the molecule is Cc1ccc(C(=O)NCc2ncon2)c(C#CCCO)c1. The molecule has 0 bridgehead atoms. The van der Waals surface area contributed by atoms with E-state index in [0.29, 0.717) is 23.4 Å². The van der Waals surface area contributed by atoms with Crippen molar-refractivity contribution < 1.29 is 14.4 Å². The predicted molar refractivity (Wildman–Crippen MR) is 75.2 cm³/mol. The summed E-state index contributed by atoms with van der Waals surface area (Å²) in [5, 5.41) is 15.1. The molecular weight excluding hydrogens is 270 g/mol. The number of aryl methyl sites for hydroxylation is 1. The fourth-order valence-corrected chi connectivity index (χ4v) is 1.70. The number of rotatable bonds is 4. The maximum absolute atomic E-state index is 12.2. The molecule has 1 amide bonds. The number of carbonyl (C=O) groups excluding carboxylic acids is 1. The predicted octanol–water partition coefficient (Wildman–Crippen LogP) is 1.04. The second-order valence-corrected chi connectivity index (χ2v) is 4.35. The number of aromatic nitrogens is 2. The van der Waals surface area contributed by atoms with Gasteiger partial charge in [0.05, 0.1) is 18.7 Å². The van der Waals surface area contributed by atoms with Crippen molar-refractivity contribution in [2.75, 3.05) is 6.61 Å². The van der Waals surface area contributed by atoms with Gasteiger partial charge in [-0.3, -0.25) is 4.79 Å².